The van der Waals surface area contributed by atoms with Crippen molar-refractivity contribution in [2.45, 2.75) is 33.1 Å². The molecule has 0 saturated carbocycles. The minimum Gasteiger partial charge on any atom is -0.466 e. The van der Waals surface area contributed by atoms with E-state index in [2.05, 4.69) is 0 Å². The van der Waals surface area contributed by atoms with Crippen molar-refractivity contribution < 1.29 is 14.3 Å². The van der Waals surface area contributed by atoms with Gasteiger partial charge < -0.3 is 9.53 Å². The molecule has 0 aliphatic rings. The zero-order valence-corrected chi connectivity index (χ0v) is 7.71. The van der Waals surface area contributed by atoms with Crippen LogP contribution in [0.4, 0.5) is 0 Å². The minimum atomic E-state index is -0.238. The molecule has 12 heavy (non-hydrogen) atoms. The van der Waals surface area contributed by atoms with Crippen LogP contribution >= 0.6 is 0 Å². The van der Waals surface area contributed by atoms with Gasteiger partial charge in [-0.3, -0.25) is 4.79 Å². The largest absolute Gasteiger partial charge is 0.466 e. The molecule has 0 aromatic rings. The Balaban J connectivity index is 3.24. The maximum Gasteiger partial charge on any atom is 0.302 e. The first-order valence-electron chi connectivity index (χ1n) is 4.23. The Labute approximate surface area is 73.1 Å². The van der Waals surface area contributed by atoms with Gasteiger partial charge in [-0.1, -0.05) is 6.92 Å². The second kappa shape index (κ2) is 6.83. The highest BCUT2D eigenvalue weighted by atomic mass is 16.5. The van der Waals surface area contributed by atoms with Gasteiger partial charge in [0.25, 0.3) is 0 Å². The van der Waals surface area contributed by atoms with E-state index in [-0.39, 0.29) is 5.97 Å². The van der Waals surface area contributed by atoms with Gasteiger partial charge >= 0.3 is 5.97 Å². The van der Waals surface area contributed by atoms with E-state index in [1.165, 1.54) is 6.92 Å². The lowest BCUT2D eigenvalue weighted by Gasteiger charge is -2.08. The number of hydrogen-bond acceptors (Lipinski definition) is 3. The van der Waals surface area contributed by atoms with E-state index in [1.807, 2.05) is 6.92 Å². The quantitative estimate of drug-likeness (QED) is 0.451. The Morgan fingerprint density at radius 1 is 1.50 bits per heavy atom. The number of hydrogen-bond donors (Lipinski definition) is 0. The molecule has 0 amide bonds. The molecule has 1 atom stereocenters. The summed E-state index contributed by atoms with van der Waals surface area (Å²) < 4.78 is 4.77. The van der Waals surface area contributed by atoms with Gasteiger partial charge in [0.1, 0.15) is 6.29 Å². The summed E-state index contributed by atoms with van der Waals surface area (Å²) in [4.78, 5) is 20.4. The van der Waals surface area contributed by atoms with Crippen molar-refractivity contribution in [1.29, 1.82) is 0 Å². The molecule has 0 aromatic heterocycles. The van der Waals surface area contributed by atoms with Crippen LogP contribution in [0.2, 0.25) is 0 Å². The number of carbonyl (C=O) groups excluding carboxylic acids is 2. The van der Waals surface area contributed by atoms with Crippen molar-refractivity contribution in [1.82, 2.24) is 0 Å². The molecule has 0 aliphatic carbocycles. The van der Waals surface area contributed by atoms with Crippen LogP contribution in [0.3, 0.4) is 0 Å². The zero-order valence-electron chi connectivity index (χ0n) is 7.71. The molecular formula is C9H16O3. The predicted octanol–water partition coefficient (Wildman–Crippen LogP) is 1.55. The number of ether oxygens (including phenoxy) is 1. The van der Waals surface area contributed by atoms with E-state index in [0.29, 0.717) is 18.9 Å². The van der Waals surface area contributed by atoms with Crippen LogP contribution in [0.5, 0.6) is 0 Å². The summed E-state index contributed by atoms with van der Waals surface area (Å²) in [5.74, 6) is 0.215. The van der Waals surface area contributed by atoms with Gasteiger partial charge in [-0.15, -0.1) is 0 Å². The molecule has 0 rings (SSSR count). The highest BCUT2D eigenvalue weighted by Gasteiger charge is 2.02. The molecule has 0 spiro atoms. The highest BCUT2D eigenvalue weighted by molar-refractivity contribution is 5.65. The lowest BCUT2D eigenvalue weighted by Crippen LogP contribution is -2.05. The van der Waals surface area contributed by atoms with Crippen LogP contribution < -0.4 is 0 Å². The molecule has 3 nitrogen and oxygen atoms in total. The van der Waals surface area contributed by atoms with Gasteiger partial charge in [0.15, 0.2) is 0 Å². The van der Waals surface area contributed by atoms with Crippen LogP contribution in [-0.4, -0.2) is 18.9 Å². The first kappa shape index (κ1) is 11.1. The number of rotatable bonds is 6. The average Bonchev–Trinajstić information content (AvgIpc) is 2.00. The normalized spacial score (nSPS) is 12.2. The van der Waals surface area contributed by atoms with Gasteiger partial charge in [0.2, 0.25) is 0 Å². The van der Waals surface area contributed by atoms with Gasteiger partial charge in [-0.25, -0.2) is 0 Å². The second-order valence-corrected chi connectivity index (χ2v) is 2.98. The van der Waals surface area contributed by atoms with Crippen LogP contribution in [0.25, 0.3) is 0 Å². The molecule has 0 saturated heterocycles. The number of aldehydes is 1. The van der Waals surface area contributed by atoms with E-state index >= 15 is 0 Å². The smallest absolute Gasteiger partial charge is 0.302 e. The van der Waals surface area contributed by atoms with Gasteiger partial charge in [0, 0.05) is 13.3 Å². The molecule has 0 bridgehead atoms. The van der Waals surface area contributed by atoms with E-state index in [4.69, 9.17) is 4.74 Å². The van der Waals surface area contributed by atoms with Crippen LogP contribution in [0, 0.1) is 5.92 Å². The summed E-state index contributed by atoms with van der Waals surface area (Å²) in [6, 6.07) is 0. The van der Waals surface area contributed by atoms with E-state index < -0.39 is 0 Å². The molecule has 0 radical (unpaired) electrons. The summed E-state index contributed by atoms with van der Waals surface area (Å²) in [5.41, 5.74) is 0. The Bertz CT molecular complexity index is 143. The van der Waals surface area contributed by atoms with Gasteiger partial charge in [0.05, 0.1) is 6.61 Å². The van der Waals surface area contributed by atoms with E-state index in [0.717, 1.165) is 19.1 Å². The van der Waals surface area contributed by atoms with Gasteiger partial charge in [-0.2, -0.15) is 0 Å². The Kier molecular flexibility index (Phi) is 6.34. The molecule has 0 unspecified atom stereocenters. The third-order valence-corrected chi connectivity index (χ3v) is 1.69. The average molecular weight is 172 g/mol. The Hall–Kier alpha value is -0.860. The lowest BCUT2D eigenvalue weighted by atomic mass is 10.0. The van der Waals surface area contributed by atoms with Crippen molar-refractivity contribution in [2.24, 2.45) is 5.92 Å². The maximum absolute atomic E-state index is 10.4. The molecular weight excluding hydrogens is 156 g/mol. The van der Waals surface area contributed by atoms with Gasteiger partial charge in [-0.05, 0) is 18.8 Å². The first-order chi connectivity index (χ1) is 5.66. The summed E-state index contributed by atoms with van der Waals surface area (Å²) in [6.07, 6.45) is 3.24. The second-order valence-electron chi connectivity index (χ2n) is 2.98. The van der Waals surface area contributed by atoms with E-state index in [1.54, 1.807) is 0 Å². The molecule has 0 aliphatic heterocycles. The molecule has 0 aromatic carbocycles. The molecule has 3 heteroatoms. The Morgan fingerprint density at radius 3 is 2.67 bits per heavy atom. The van der Waals surface area contributed by atoms with Crippen LogP contribution in [-0.2, 0) is 14.3 Å². The topological polar surface area (TPSA) is 43.4 Å². The summed E-state index contributed by atoms with van der Waals surface area (Å²) >= 11 is 0. The summed E-state index contributed by atoms with van der Waals surface area (Å²) in [5, 5.41) is 0. The maximum atomic E-state index is 10.4. The summed E-state index contributed by atoms with van der Waals surface area (Å²) in [6.45, 7) is 3.92. The first-order valence-corrected chi connectivity index (χ1v) is 4.23. The van der Waals surface area contributed by atoms with E-state index in [9.17, 15) is 9.59 Å². The fraction of sp³-hybridized carbons (Fsp3) is 0.778. The number of esters is 1. The standard InChI is InChI=1S/C9H16O3/c1-8(4-3-6-10)5-7-12-9(2)11/h6,8H,3-5,7H2,1-2H3/t8-/m1/s1. The zero-order chi connectivity index (χ0) is 9.40. The molecule has 0 fully saturated rings. The van der Waals surface area contributed by atoms with Crippen LogP contribution in [0.1, 0.15) is 33.1 Å². The third kappa shape index (κ3) is 7.25. The van der Waals surface area contributed by atoms with Crippen molar-refractivity contribution in [3.05, 3.63) is 0 Å². The SMILES string of the molecule is CC(=O)OCC[C@H](C)CCC=O. The fourth-order valence-corrected chi connectivity index (χ4v) is 0.901. The Morgan fingerprint density at radius 2 is 2.17 bits per heavy atom. The predicted molar refractivity (Wildman–Crippen MR) is 45.7 cm³/mol. The summed E-state index contributed by atoms with van der Waals surface area (Å²) in [7, 11) is 0. The third-order valence-electron chi connectivity index (χ3n) is 1.69. The molecule has 0 heterocycles. The molecule has 0 N–H and O–H groups in total. The fourth-order valence-electron chi connectivity index (χ4n) is 0.901. The monoisotopic (exact) mass is 172 g/mol. The minimum absolute atomic E-state index is 0.238. The van der Waals surface area contributed by atoms with Crippen molar-refractivity contribution in [3.8, 4) is 0 Å². The van der Waals surface area contributed by atoms with Crippen molar-refractivity contribution >= 4 is 12.3 Å². The van der Waals surface area contributed by atoms with Crippen molar-refractivity contribution in [3.63, 3.8) is 0 Å². The number of carbonyl (C=O) groups is 2. The molecule has 70 valence electrons. The van der Waals surface area contributed by atoms with Crippen LogP contribution in [0.15, 0.2) is 0 Å². The lowest BCUT2D eigenvalue weighted by molar-refractivity contribution is -0.141. The van der Waals surface area contributed by atoms with Crippen molar-refractivity contribution in [2.75, 3.05) is 6.61 Å². The highest BCUT2D eigenvalue weighted by Crippen LogP contribution is 2.08.